The minimum atomic E-state index is -0.568. The first-order valence-corrected chi connectivity index (χ1v) is 10.7. The molecule has 0 saturated carbocycles. The molecule has 1 N–H and O–H groups in total. The molecule has 3 fully saturated rings. The second kappa shape index (κ2) is 8.60. The van der Waals surface area contributed by atoms with Crippen molar-refractivity contribution in [2.24, 2.45) is 5.92 Å². The summed E-state index contributed by atoms with van der Waals surface area (Å²) in [4.78, 5) is 28.2. The van der Waals surface area contributed by atoms with Gasteiger partial charge in [-0.15, -0.1) is 0 Å². The standard InChI is InChI=1S/C22H30FN3O2/c23-20-14-17(4-5-18(20)19-6-7-21(27)24-22(19)28)26-12-8-16(9-13-26)15-25-10-2-1-3-11-25/h4-5,14,16,19H,1-3,6-13,15H2,(H,24,27,28). The van der Waals surface area contributed by atoms with E-state index in [0.29, 0.717) is 12.0 Å². The Kier molecular flexibility index (Phi) is 5.95. The van der Waals surface area contributed by atoms with Crippen LogP contribution in [0.3, 0.4) is 0 Å². The van der Waals surface area contributed by atoms with Gasteiger partial charge in [0.05, 0.1) is 5.92 Å². The molecule has 5 nitrogen and oxygen atoms in total. The fourth-order valence-electron chi connectivity index (χ4n) is 4.87. The van der Waals surface area contributed by atoms with E-state index in [9.17, 15) is 14.0 Å². The van der Waals surface area contributed by atoms with Crippen LogP contribution in [0.15, 0.2) is 18.2 Å². The number of likely N-dealkylation sites (tertiary alicyclic amines) is 1. The van der Waals surface area contributed by atoms with Gasteiger partial charge in [0, 0.05) is 37.3 Å². The monoisotopic (exact) mass is 387 g/mol. The highest BCUT2D eigenvalue weighted by molar-refractivity contribution is 6.01. The first-order chi connectivity index (χ1) is 13.6. The van der Waals surface area contributed by atoms with Gasteiger partial charge >= 0.3 is 0 Å². The van der Waals surface area contributed by atoms with Crippen molar-refractivity contribution in [2.75, 3.05) is 37.6 Å². The number of hydrogen-bond acceptors (Lipinski definition) is 4. The molecule has 3 heterocycles. The van der Waals surface area contributed by atoms with E-state index in [1.165, 1.54) is 38.9 Å². The second-order valence-corrected chi connectivity index (χ2v) is 8.50. The van der Waals surface area contributed by atoms with Crippen molar-refractivity contribution >= 4 is 17.5 Å². The molecule has 152 valence electrons. The number of nitrogens with zero attached hydrogens (tertiary/aromatic N) is 2. The maximum absolute atomic E-state index is 14.7. The third kappa shape index (κ3) is 4.37. The van der Waals surface area contributed by atoms with Crippen LogP contribution in [-0.2, 0) is 9.59 Å². The fourth-order valence-corrected chi connectivity index (χ4v) is 4.87. The molecule has 1 unspecified atom stereocenters. The molecule has 6 heteroatoms. The minimum Gasteiger partial charge on any atom is -0.371 e. The fraction of sp³-hybridized carbons (Fsp3) is 0.636. The van der Waals surface area contributed by atoms with Gasteiger partial charge in [-0.05, 0) is 63.2 Å². The summed E-state index contributed by atoms with van der Waals surface area (Å²) in [6.07, 6.45) is 6.97. The van der Waals surface area contributed by atoms with Gasteiger partial charge in [0.1, 0.15) is 5.82 Å². The number of halogens is 1. The number of hydrogen-bond donors (Lipinski definition) is 1. The topological polar surface area (TPSA) is 52.7 Å². The molecule has 0 aromatic heterocycles. The van der Waals surface area contributed by atoms with Crippen molar-refractivity contribution in [1.29, 1.82) is 0 Å². The normalized spacial score (nSPS) is 25.0. The van der Waals surface area contributed by atoms with E-state index < -0.39 is 5.92 Å². The second-order valence-electron chi connectivity index (χ2n) is 8.50. The van der Waals surface area contributed by atoms with Crippen molar-refractivity contribution in [3.05, 3.63) is 29.6 Å². The Hall–Kier alpha value is -1.95. The third-order valence-corrected chi connectivity index (χ3v) is 6.54. The van der Waals surface area contributed by atoms with Gasteiger partial charge in [-0.1, -0.05) is 12.5 Å². The number of imide groups is 1. The zero-order chi connectivity index (χ0) is 19.5. The molecular formula is C22H30FN3O2. The van der Waals surface area contributed by atoms with Gasteiger partial charge < -0.3 is 9.80 Å². The highest BCUT2D eigenvalue weighted by Crippen LogP contribution is 2.31. The Morgan fingerprint density at radius 3 is 2.43 bits per heavy atom. The van der Waals surface area contributed by atoms with E-state index in [0.717, 1.165) is 37.5 Å². The number of rotatable bonds is 4. The summed E-state index contributed by atoms with van der Waals surface area (Å²) in [7, 11) is 0. The van der Waals surface area contributed by atoms with Gasteiger partial charge in [-0.25, -0.2) is 4.39 Å². The maximum Gasteiger partial charge on any atom is 0.234 e. The molecule has 0 radical (unpaired) electrons. The van der Waals surface area contributed by atoms with Gasteiger partial charge in [-0.2, -0.15) is 0 Å². The Labute approximate surface area is 166 Å². The largest absolute Gasteiger partial charge is 0.371 e. The molecule has 0 spiro atoms. The average molecular weight is 387 g/mol. The molecule has 3 aliphatic heterocycles. The summed E-state index contributed by atoms with van der Waals surface area (Å²) < 4.78 is 14.7. The molecule has 1 atom stereocenters. The Morgan fingerprint density at radius 2 is 1.75 bits per heavy atom. The summed E-state index contributed by atoms with van der Waals surface area (Å²) in [6.45, 7) is 5.60. The molecule has 28 heavy (non-hydrogen) atoms. The van der Waals surface area contributed by atoms with E-state index in [-0.39, 0.29) is 24.1 Å². The average Bonchev–Trinajstić information content (AvgIpc) is 2.70. The zero-order valence-corrected chi connectivity index (χ0v) is 16.5. The molecule has 3 saturated heterocycles. The number of benzene rings is 1. The molecule has 1 aromatic carbocycles. The molecule has 2 amide bonds. The number of piperidine rings is 3. The molecule has 4 rings (SSSR count). The lowest BCUT2D eigenvalue weighted by Gasteiger charge is -2.37. The van der Waals surface area contributed by atoms with Crippen LogP contribution in [0.2, 0.25) is 0 Å². The predicted octanol–water partition coefficient (Wildman–Crippen LogP) is 3.05. The molecule has 3 aliphatic rings. The Balaban J connectivity index is 1.34. The van der Waals surface area contributed by atoms with Gasteiger partial charge in [-0.3, -0.25) is 14.9 Å². The van der Waals surface area contributed by atoms with Crippen molar-refractivity contribution in [2.45, 2.75) is 50.9 Å². The SMILES string of the molecule is O=C1CCC(c2ccc(N3CCC(CN4CCCCC4)CC3)cc2F)C(=O)N1. The van der Waals surface area contributed by atoms with Crippen molar-refractivity contribution in [1.82, 2.24) is 10.2 Å². The molecule has 0 bridgehead atoms. The summed E-state index contributed by atoms with van der Waals surface area (Å²) in [6, 6.07) is 5.21. The van der Waals surface area contributed by atoms with Crippen LogP contribution in [-0.4, -0.2) is 49.4 Å². The van der Waals surface area contributed by atoms with E-state index >= 15 is 0 Å². The third-order valence-electron chi connectivity index (χ3n) is 6.54. The number of nitrogens with one attached hydrogen (secondary N) is 1. The summed E-state index contributed by atoms with van der Waals surface area (Å²) in [5, 5.41) is 2.31. The van der Waals surface area contributed by atoms with E-state index in [2.05, 4.69) is 15.1 Å². The van der Waals surface area contributed by atoms with Crippen LogP contribution in [0.1, 0.15) is 56.4 Å². The lowest BCUT2D eigenvalue weighted by molar-refractivity contribution is -0.134. The number of carbonyl (C=O) groups is 2. The first kappa shape index (κ1) is 19.4. The molecule has 1 aromatic rings. The Morgan fingerprint density at radius 1 is 1.00 bits per heavy atom. The van der Waals surface area contributed by atoms with Crippen molar-refractivity contribution in [3.8, 4) is 0 Å². The zero-order valence-electron chi connectivity index (χ0n) is 16.5. The van der Waals surface area contributed by atoms with Crippen molar-refractivity contribution < 1.29 is 14.0 Å². The van der Waals surface area contributed by atoms with Crippen LogP contribution < -0.4 is 10.2 Å². The van der Waals surface area contributed by atoms with Gasteiger partial charge in [0.25, 0.3) is 0 Å². The molecule has 0 aliphatic carbocycles. The van der Waals surface area contributed by atoms with Crippen LogP contribution in [0.25, 0.3) is 0 Å². The van der Waals surface area contributed by atoms with Crippen LogP contribution in [0.4, 0.5) is 10.1 Å². The molecular weight excluding hydrogens is 357 g/mol. The number of amides is 2. The smallest absolute Gasteiger partial charge is 0.234 e. The highest BCUT2D eigenvalue weighted by Gasteiger charge is 2.30. The lowest BCUT2D eigenvalue weighted by Crippen LogP contribution is -2.40. The van der Waals surface area contributed by atoms with E-state index in [1.54, 1.807) is 12.1 Å². The van der Waals surface area contributed by atoms with Crippen LogP contribution >= 0.6 is 0 Å². The van der Waals surface area contributed by atoms with E-state index in [1.807, 2.05) is 6.07 Å². The van der Waals surface area contributed by atoms with Crippen LogP contribution in [0, 0.1) is 11.7 Å². The summed E-state index contributed by atoms with van der Waals surface area (Å²) >= 11 is 0. The quantitative estimate of drug-likeness (QED) is 0.807. The summed E-state index contributed by atoms with van der Waals surface area (Å²) in [5.41, 5.74) is 1.29. The number of anilines is 1. The Bertz CT molecular complexity index is 724. The first-order valence-electron chi connectivity index (χ1n) is 10.7. The predicted molar refractivity (Wildman–Crippen MR) is 107 cm³/mol. The highest BCUT2D eigenvalue weighted by atomic mass is 19.1. The van der Waals surface area contributed by atoms with Crippen LogP contribution in [0.5, 0.6) is 0 Å². The van der Waals surface area contributed by atoms with Crippen molar-refractivity contribution in [3.63, 3.8) is 0 Å². The maximum atomic E-state index is 14.7. The van der Waals surface area contributed by atoms with Gasteiger partial charge in [0.15, 0.2) is 0 Å². The van der Waals surface area contributed by atoms with Gasteiger partial charge in [0.2, 0.25) is 11.8 Å². The number of carbonyl (C=O) groups excluding carboxylic acids is 2. The lowest BCUT2D eigenvalue weighted by atomic mass is 9.89. The van der Waals surface area contributed by atoms with E-state index in [4.69, 9.17) is 0 Å². The minimum absolute atomic E-state index is 0.266. The summed E-state index contributed by atoms with van der Waals surface area (Å²) in [5.74, 6) is -0.835.